The number of carboxylic acids is 1. The number of rotatable bonds is 17. The van der Waals surface area contributed by atoms with Crippen LogP contribution in [0.15, 0.2) is 35.5 Å². The summed E-state index contributed by atoms with van der Waals surface area (Å²) in [6.45, 7) is 3.86. The van der Waals surface area contributed by atoms with Crippen molar-refractivity contribution in [3.8, 4) is 0 Å². The fraction of sp³-hybridized carbons (Fsp3) is 0.481. The van der Waals surface area contributed by atoms with Crippen molar-refractivity contribution >= 4 is 46.5 Å². The van der Waals surface area contributed by atoms with E-state index in [0.717, 1.165) is 16.5 Å². The van der Waals surface area contributed by atoms with Gasteiger partial charge in [0, 0.05) is 23.6 Å². The third-order valence-corrected chi connectivity index (χ3v) is 6.39. The van der Waals surface area contributed by atoms with Crippen LogP contribution in [0.1, 0.15) is 45.1 Å². The second-order valence-electron chi connectivity index (χ2n) is 10.4. The zero-order chi connectivity index (χ0) is 31.4. The number of aromatic nitrogens is 1. The molecule has 0 spiro atoms. The van der Waals surface area contributed by atoms with Crippen LogP contribution in [0.5, 0.6) is 0 Å². The summed E-state index contributed by atoms with van der Waals surface area (Å²) in [5, 5.41) is 17.8. The Hall–Kier alpha value is -4.66. The van der Waals surface area contributed by atoms with E-state index in [9.17, 15) is 29.1 Å². The minimum atomic E-state index is -1.60. The average Bonchev–Trinajstić information content (AvgIpc) is 3.31. The van der Waals surface area contributed by atoms with Crippen molar-refractivity contribution in [3.05, 3.63) is 36.0 Å². The zero-order valence-corrected chi connectivity index (χ0v) is 23.8. The topological polar surface area (TPSA) is 274 Å². The lowest BCUT2D eigenvalue weighted by Gasteiger charge is -2.26. The molecule has 13 N–H and O–H groups in total. The molecule has 4 amide bonds. The molecule has 0 bridgehead atoms. The number of para-hydroxylation sites is 1. The van der Waals surface area contributed by atoms with E-state index in [1.807, 2.05) is 38.1 Å². The Bertz CT molecular complexity index is 1290. The van der Waals surface area contributed by atoms with Crippen molar-refractivity contribution in [2.75, 3.05) is 6.54 Å². The first-order chi connectivity index (χ1) is 19.8. The van der Waals surface area contributed by atoms with Crippen molar-refractivity contribution < 1.29 is 29.1 Å². The predicted octanol–water partition coefficient (Wildman–Crippen LogP) is -1.45. The van der Waals surface area contributed by atoms with E-state index in [-0.39, 0.29) is 44.1 Å². The number of carbonyl (C=O) groups is 5. The van der Waals surface area contributed by atoms with Gasteiger partial charge in [-0.3, -0.25) is 24.2 Å². The number of nitrogens with two attached hydrogens (primary N) is 4. The highest BCUT2D eigenvalue weighted by Gasteiger charge is 2.31. The van der Waals surface area contributed by atoms with Crippen LogP contribution >= 0.6 is 0 Å². The maximum Gasteiger partial charge on any atom is 0.326 e. The first kappa shape index (κ1) is 33.5. The maximum atomic E-state index is 13.4. The highest BCUT2D eigenvalue weighted by Crippen LogP contribution is 2.19. The smallest absolute Gasteiger partial charge is 0.326 e. The molecular formula is C27H41N9O6. The van der Waals surface area contributed by atoms with E-state index in [4.69, 9.17) is 22.9 Å². The van der Waals surface area contributed by atoms with E-state index in [0.29, 0.717) is 0 Å². The number of aromatic amines is 1. The maximum absolute atomic E-state index is 13.4. The first-order valence-corrected chi connectivity index (χ1v) is 13.6. The quantitative estimate of drug-likeness (QED) is 0.0594. The molecule has 0 radical (unpaired) electrons. The van der Waals surface area contributed by atoms with Crippen LogP contribution in [-0.4, -0.2) is 76.4 Å². The van der Waals surface area contributed by atoms with Crippen LogP contribution in [0, 0.1) is 5.92 Å². The summed E-state index contributed by atoms with van der Waals surface area (Å²) in [5.74, 6) is -4.65. The first-order valence-electron chi connectivity index (χ1n) is 13.6. The van der Waals surface area contributed by atoms with Crippen molar-refractivity contribution in [1.82, 2.24) is 20.9 Å². The number of nitrogens with zero attached hydrogens (tertiary/aromatic N) is 1. The standard InChI is InChI=1S/C27H41N9O6/c1-14(2)10-20(35-23(38)17(28)11-15-13-33-18-7-4-3-6-16(15)18)25(40)34-19(8-5-9-32-27(30)31)24(39)36-21(26(41)42)12-22(29)37/h3-4,6-7,13-14,17,19-21,33H,5,8-12,28H2,1-2H3,(H2,29,37)(H,34,40)(H,35,38)(H,36,39)(H,41,42)(H4,30,31,32). The van der Waals surface area contributed by atoms with E-state index in [1.54, 1.807) is 6.20 Å². The molecule has 1 heterocycles. The normalized spacial score (nSPS) is 13.9. The highest BCUT2D eigenvalue weighted by atomic mass is 16.4. The number of benzene rings is 1. The number of aliphatic imine (C=N–C) groups is 1. The number of carboxylic acid groups (broad SMARTS) is 1. The molecule has 1 aromatic heterocycles. The third kappa shape index (κ3) is 10.7. The number of primary amides is 1. The number of hydrogen-bond acceptors (Lipinski definition) is 7. The third-order valence-electron chi connectivity index (χ3n) is 6.39. The molecule has 15 heteroatoms. The molecule has 2 aromatic rings. The molecule has 0 aliphatic rings. The van der Waals surface area contributed by atoms with Gasteiger partial charge >= 0.3 is 5.97 Å². The number of nitrogens with one attached hydrogen (secondary N) is 4. The monoisotopic (exact) mass is 587 g/mol. The largest absolute Gasteiger partial charge is 0.480 e. The molecule has 0 saturated carbocycles. The molecule has 0 aliphatic heterocycles. The molecule has 42 heavy (non-hydrogen) atoms. The van der Waals surface area contributed by atoms with Crippen LogP contribution in [0.25, 0.3) is 10.9 Å². The van der Waals surface area contributed by atoms with Crippen LogP contribution in [0.2, 0.25) is 0 Å². The Morgan fingerprint density at radius 2 is 1.55 bits per heavy atom. The molecule has 4 atom stereocenters. The van der Waals surface area contributed by atoms with Gasteiger partial charge in [0.1, 0.15) is 18.1 Å². The number of guanidine groups is 1. The lowest BCUT2D eigenvalue weighted by molar-refractivity contribution is -0.143. The van der Waals surface area contributed by atoms with Crippen LogP contribution in [0.4, 0.5) is 0 Å². The number of amides is 4. The van der Waals surface area contributed by atoms with Gasteiger partial charge in [0.05, 0.1) is 12.5 Å². The Morgan fingerprint density at radius 3 is 2.17 bits per heavy atom. The summed E-state index contributed by atoms with van der Waals surface area (Å²) in [5.41, 5.74) is 23.7. The van der Waals surface area contributed by atoms with Crippen LogP contribution in [-0.2, 0) is 30.4 Å². The van der Waals surface area contributed by atoms with Gasteiger partial charge in [-0.1, -0.05) is 32.0 Å². The SMILES string of the molecule is CC(C)CC(NC(=O)C(N)Cc1c[nH]c2ccccc12)C(=O)NC(CCCN=C(N)N)C(=O)NC(CC(N)=O)C(=O)O. The lowest BCUT2D eigenvalue weighted by Crippen LogP contribution is -2.57. The van der Waals surface area contributed by atoms with Crippen molar-refractivity contribution in [2.45, 2.75) is 70.1 Å². The predicted molar refractivity (Wildman–Crippen MR) is 157 cm³/mol. The summed E-state index contributed by atoms with van der Waals surface area (Å²) in [6, 6.07) is 2.76. The van der Waals surface area contributed by atoms with Crippen LogP contribution in [0.3, 0.4) is 0 Å². The average molecular weight is 588 g/mol. The van der Waals surface area contributed by atoms with Gasteiger partial charge < -0.3 is 49.0 Å². The number of hydrogen-bond donors (Lipinski definition) is 9. The second kappa shape index (κ2) is 16.0. The lowest BCUT2D eigenvalue weighted by atomic mass is 10.0. The van der Waals surface area contributed by atoms with E-state index in [2.05, 4.69) is 25.9 Å². The Morgan fingerprint density at radius 1 is 0.929 bits per heavy atom. The fourth-order valence-corrected chi connectivity index (χ4v) is 4.33. The summed E-state index contributed by atoms with van der Waals surface area (Å²) in [4.78, 5) is 69.3. The number of aliphatic carboxylic acids is 1. The minimum Gasteiger partial charge on any atom is -0.480 e. The minimum absolute atomic E-state index is 0.0213. The summed E-state index contributed by atoms with van der Waals surface area (Å²) >= 11 is 0. The second-order valence-corrected chi connectivity index (χ2v) is 10.4. The fourth-order valence-electron chi connectivity index (χ4n) is 4.33. The summed E-state index contributed by atoms with van der Waals surface area (Å²) in [6.07, 6.45) is 1.87. The van der Waals surface area contributed by atoms with E-state index < -0.39 is 60.2 Å². The molecule has 2 rings (SSSR count). The van der Waals surface area contributed by atoms with Crippen molar-refractivity contribution in [3.63, 3.8) is 0 Å². The van der Waals surface area contributed by atoms with Gasteiger partial charge in [0.2, 0.25) is 23.6 Å². The zero-order valence-electron chi connectivity index (χ0n) is 23.8. The van der Waals surface area contributed by atoms with Gasteiger partial charge in [-0.15, -0.1) is 0 Å². The molecule has 4 unspecified atom stereocenters. The van der Waals surface area contributed by atoms with Gasteiger partial charge in [-0.25, -0.2) is 4.79 Å². The molecular weight excluding hydrogens is 546 g/mol. The van der Waals surface area contributed by atoms with E-state index >= 15 is 0 Å². The van der Waals surface area contributed by atoms with E-state index in [1.165, 1.54) is 0 Å². The van der Waals surface area contributed by atoms with Crippen molar-refractivity contribution in [2.24, 2.45) is 33.8 Å². The Labute approximate surface area is 243 Å². The Kier molecular flexibility index (Phi) is 12.7. The van der Waals surface area contributed by atoms with Gasteiger partial charge in [0.25, 0.3) is 0 Å². The summed E-state index contributed by atoms with van der Waals surface area (Å²) in [7, 11) is 0. The number of carbonyl (C=O) groups excluding carboxylic acids is 4. The highest BCUT2D eigenvalue weighted by molar-refractivity contribution is 5.95. The Balaban J connectivity index is 2.17. The van der Waals surface area contributed by atoms with Crippen molar-refractivity contribution in [1.29, 1.82) is 0 Å². The van der Waals surface area contributed by atoms with Gasteiger partial charge in [-0.2, -0.15) is 0 Å². The van der Waals surface area contributed by atoms with Crippen LogP contribution < -0.4 is 38.9 Å². The number of fused-ring (bicyclic) bond motifs is 1. The summed E-state index contributed by atoms with van der Waals surface area (Å²) < 4.78 is 0. The molecule has 0 saturated heterocycles. The number of H-pyrrole nitrogens is 1. The molecule has 1 aromatic carbocycles. The molecule has 15 nitrogen and oxygen atoms in total. The molecule has 230 valence electrons. The molecule has 0 aliphatic carbocycles. The molecule has 0 fully saturated rings. The van der Waals surface area contributed by atoms with Gasteiger partial charge in [-0.05, 0) is 43.2 Å². The van der Waals surface area contributed by atoms with Gasteiger partial charge in [0.15, 0.2) is 5.96 Å².